The van der Waals surface area contributed by atoms with E-state index in [1.54, 1.807) is 0 Å². The van der Waals surface area contributed by atoms with Gasteiger partial charge in [-0.1, -0.05) is 0 Å². The Bertz CT molecular complexity index is 948. The number of aromatic nitrogens is 1. The van der Waals surface area contributed by atoms with E-state index in [0.29, 0.717) is 0 Å². The smallest absolute Gasteiger partial charge is 0.324 e. The topological polar surface area (TPSA) is 60.5 Å². The fourth-order valence-electron chi connectivity index (χ4n) is 3.28. The van der Waals surface area contributed by atoms with Crippen molar-refractivity contribution in [3.05, 3.63) is 47.3 Å². The number of fused-ring (bicyclic) bond motifs is 1. The van der Waals surface area contributed by atoms with Crippen LogP contribution in [0.3, 0.4) is 0 Å². The van der Waals surface area contributed by atoms with Crippen molar-refractivity contribution >= 4 is 44.8 Å². The van der Waals surface area contributed by atoms with Gasteiger partial charge in [0.25, 0.3) is 0 Å². The molecule has 1 fully saturated rings. The Hall–Kier alpha value is -2.64. The van der Waals surface area contributed by atoms with Gasteiger partial charge in [-0.2, -0.15) is 0 Å². The largest absolute Gasteiger partial charge is 0.354 e. The summed E-state index contributed by atoms with van der Waals surface area (Å²) in [5.41, 5.74) is 2.87. The van der Waals surface area contributed by atoms with Crippen molar-refractivity contribution in [2.75, 3.05) is 48.8 Å². The number of aryl methyl sites for hydroxylation is 1. The Labute approximate surface area is 162 Å². The molecule has 0 bridgehead atoms. The Morgan fingerprint density at radius 1 is 1.11 bits per heavy atom. The molecule has 2 aromatic heterocycles. The van der Waals surface area contributed by atoms with Crippen LogP contribution in [0.4, 0.5) is 21.3 Å². The van der Waals surface area contributed by atoms with E-state index >= 15 is 0 Å². The van der Waals surface area contributed by atoms with Crippen molar-refractivity contribution in [2.45, 2.75) is 6.92 Å². The van der Waals surface area contributed by atoms with Crippen molar-refractivity contribution in [3.63, 3.8) is 0 Å². The number of hydrogen-bond acceptors (Lipinski definition) is 5. The Morgan fingerprint density at radius 2 is 1.93 bits per heavy atom. The molecule has 2 amide bonds. The van der Waals surface area contributed by atoms with Gasteiger partial charge in [0.05, 0.1) is 10.5 Å². The van der Waals surface area contributed by atoms with Crippen LogP contribution in [-0.2, 0) is 0 Å². The molecule has 0 unspecified atom stereocenters. The zero-order valence-corrected chi connectivity index (χ0v) is 16.3. The van der Waals surface area contributed by atoms with Gasteiger partial charge >= 0.3 is 6.03 Å². The summed E-state index contributed by atoms with van der Waals surface area (Å²) in [5, 5.41) is 9.53. The molecule has 3 aromatic rings. The zero-order valence-electron chi connectivity index (χ0n) is 15.5. The molecule has 0 atom stereocenters. The number of benzene rings is 1. The Balaban J connectivity index is 1.53. The molecule has 0 aliphatic carbocycles. The summed E-state index contributed by atoms with van der Waals surface area (Å²) in [7, 11) is 2.15. The first kappa shape index (κ1) is 17.8. The van der Waals surface area contributed by atoms with E-state index in [4.69, 9.17) is 4.98 Å². The highest BCUT2D eigenvalue weighted by atomic mass is 32.1. The molecule has 4 rings (SSSR count). The van der Waals surface area contributed by atoms with Crippen molar-refractivity contribution < 1.29 is 4.79 Å². The van der Waals surface area contributed by atoms with Crippen LogP contribution in [0.2, 0.25) is 0 Å². The maximum absolute atomic E-state index is 12.1. The lowest BCUT2D eigenvalue weighted by Gasteiger charge is -2.33. The lowest BCUT2D eigenvalue weighted by Crippen LogP contribution is -2.44. The SMILES string of the molecule is Cc1cc(N2CCN(C)CC2)nc2ccc(NC(=O)Nc3cccs3)cc12. The third-order valence-corrected chi connectivity index (χ3v) is 5.63. The summed E-state index contributed by atoms with van der Waals surface area (Å²) < 4.78 is 0. The number of piperazine rings is 1. The lowest BCUT2D eigenvalue weighted by molar-refractivity contribution is 0.262. The number of nitrogens with one attached hydrogen (secondary N) is 2. The lowest BCUT2D eigenvalue weighted by atomic mass is 10.1. The first-order chi connectivity index (χ1) is 13.1. The minimum Gasteiger partial charge on any atom is -0.354 e. The second-order valence-corrected chi connectivity index (χ2v) is 7.82. The van der Waals surface area contributed by atoms with E-state index in [0.717, 1.165) is 59.2 Å². The van der Waals surface area contributed by atoms with Gasteiger partial charge < -0.3 is 15.1 Å². The summed E-state index contributed by atoms with van der Waals surface area (Å²) in [6, 6.07) is 11.5. The van der Waals surface area contributed by atoms with Gasteiger partial charge in [0.1, 0.15) is 5.82 Å². The van der Waals surface area contributed by atoms with Gasteiger partial charge in [-0.3, -0.25) is 5.32 Å². The number of carbonyl (C=O) groups excluding carboxylic acids is 1. The highest BCUT2D eigenvalue weighted by molar-refractivity contribution is 7.14. The summed E-state index contributed by atoms with van der Waals surface area (Å²) >= 11 is 1.49. The van der Waals surface area contributed by atoms with Crippen molar-refractivity contribution in [3.8, 4) is 0 Å². The first-order valence-corrected chi connectivity index (χ1v) is 9.93. The molecule has 6 nitrogen and oxygen atoms in total. The van der Waals surface area contributed by atoms with E-state index < -0.39 is 0 Å². The fourth-order valence-corrected chi connectivity index (χ4v) is 3.89. The monoisotopic (exact) mass is 381 g/mol. The van der Waals surface area contributed by atoms with Crippen LogP contribution >= 0.6 is 11.3 Å². The summed E-state index contributed by atoms with van der Waals surface area (Å²) in [6.45, 7) is 6.20. The van der Waals surface area contributed by atoms with Crippen molar-refractivity contribution in [2.24, 2.45) is 0 Å². The van der Waals surface area contributed by atoms with Crippen LogP contribution < -0.4 is 15.5 Å². The molecule has 0 spiro atoms. The molecule has 1 aliphatic heterocycles. The number of thiophene rings is 1. The average molecular weight is 382 g/mol. The minimum absolute atomic E-state index is 0.239. The number of amides is 2. The van der Waals surface area contributed by atoms with Crippen LogP contribution in [-0.4, -0.2) is 49.1 Å². The highest BCUT2D eigenvalue weighted by Gasteiger charge is 2.16. The molecule has 27 heavy (non-hydrogen) atoms. The van der Waals surface area contributed by atoms with E-state index in [-0.39, 0.29) is 6.03 Å². The van der Waals surface area contributed by atoms with Gasteiger partial charge in [-0.05, 0) is 61.3 Å². The molecule has 1 aromatic carbocycles. The highest BCUT2D eigenvalue weighted by Crippen LogP contribution is 2.26. The maximum atomic E-state index is 12.1. The number of anilines is 3. The van der Waals surface area contributed by atoms with E-state index in [1.165, 1.54) is 11.3 Å². The molecule has 0 saturated carbocycles. The van der Waals surface area contributed by atoms with Crippen molar-refractivity contribution in [1.82, 2.24) is 9.88 Å². The Morgan fingerprint density at radius 3 is 2.67 bits per heavy atom. The third kappa shape index (κ3) is 4.04. The van der Waals surface area contributed by atoms with E-state index in [1.807, 2.05) is 35.7 Å². The maximum Gasteiger partial charge on any atom is 0.324 e. The molecule has 1 aliphatic rings. The Kier molecular flexibility index (Phi) is 4.96. The molecule has 0 radical (unpaired) electrons. The number of hydrogen-bond donors (Lipinski definition) is 2. The normalized spacial score (nSPS) is 15.1. The average Bonchev–Trinajstić information content (AvgIpc) is 3.15. The number of nitrogens with zero attached hydrogens (tertiary/aromatic N) is 3. The number of likely N-dealkylation sites (N-methyl/N-ethyl adjacent to an activating group) is 1. The van der Waals surface area contributed by atoms with Gasteiger partial charge in [-0.15, -0.1) is 11.3 Å². The number of rotatable bonds is 3. The van der Waals surface area contributed by atoms with Gasteiger partial charge in [0, 0.05) is 37.3 Å². The fraction of sp³-hybridized carbons (Fsp3) is 0.300. The quantitative estimate of drug-likeness (QED) is 0.720. The summed E-state index contributed by atoms with van der Waals surface area (Å²) in [5.74, 6) is 1.03. The standard InChI is InChI=1S/C20H23N5OS/c1-14-12-18(25-9-7-24(2)8-10-25)22-17-6-5-15(13-16(14)17)21-20(26)23-19-4-3-11-27-19/h3-6,11-13H,7-10H2,1-2H3,(H2,21,23,26). The van der Waals surface area contributed by atoms with Gasteiger partial charge in [0.2, 0.25) is 0 Å². The number of carbonyl (C=O) groups is 1. The van der Waals surface area contributed by atoms with Crippen LogP contribution in [0.15, 0.2) is 41.8 Å². The van der Waals surface area contributed by atoms with Crippen LogP contribution in [0, 0.1) is 6.92 Å². The molecule has 7 heteroatoms. The van der Waals surface area contributed by atoms with Crippen LogP contribution in [0.25, 0.3) is 10.9 Å². The minimum atomic E-state index is -0.239. The molecular formula is C20H23N5OS. The third-order valence-electron chi connectivity index (χ3n) is 4.85. The van der Waals surface area contributed by atoms with E-state index in [2.05, 4.69) is 40.5 Å². The zero-order chi connectivity index (χ0) is 18.8. The van der Waals surface area contributed by atoms with Gasteiger partial charge in [0.15, 0.2) is 0 Å². The predicted molar refractivity (Wildman–Crippen MR) is 113 cm³/mol. The summed E-state index contributed by atoms with van der Waals surface area (Å²) in [6.07, 6.45) is 0. The predicted octanol–water partition coefficient (Wildman–Crippen LogP) is 4.00. The van der Waals surface area contributed by atoms with Crippen LogP contribution in [0.1, 0.15) is 5.56 Å². The second kappa shape index (κ2) is 7.54. The number of pyridine rings is 1. The molecule has 1 saturated heterocycles. The first-order valence-electron chi connectivity index (χ1n) is 9.05. The molecule has 3 heterocycles. The second-order valence-electron chi connectivity index (χ2n) is 6.88. The number of urea groups is 1. The van der Waals surface area contributed by atoms with Crippen LogP contribution in [0.5, 0.6) is 0 Å². The summed E-state index contributed by atoms with van der Waals surface area (Å²) in [4.78, 5) is 21.7. The van der Waals surface area contributed by atoms with Crippen molar-refractivity contribution in [1.29, 1.82) is 0 Å². The molecule has 2 N–H and O–H groups in total. The molecule has 140 valence electrons. The van der Waals surface area contributed by atoms with E-state index in [9.17, 15) is 4.79 Å². The molecular weight excluding hydrogens is 358 g/mol. The van der Waals surface area contributed by atoms with Gasteiger partial charge in [-0.25, -0.2) is 9.78 Å².